The predicted octanol–water partition coefficient (Wildman–Crippen LogP) is 3.25. The maximum atomic E-state index is 13.0. The van der Waals surface area contributed by atoms with E-state index >= 15 is 0 Å². The zero-order valence-corrected chi connectivity index (χ0v) is 19.7. The van der Waals surface area contributed by atoms with Crippen molar-refractivity contribution in [1.82, 2.24) is 4.90 Å². The van der Waals surface area contributed by atoms with E-state index in [1.54, 1.807) is 29.2 Å². The van der Waals surface area contributed by atoms with Gasteiger partial charge < -0.3 is 15.0 Å². The monoisotopic (exact) mass is 465 g/mol. The number of amides is 4. The van der Waals surface area contributed by atoms with E-state index in [-0.39, 0.29) is 40.6 Å². The number of carbonyl (C=O) groups is 5. The first-order valence-corrected chi connectivity index (χ1v) is 10.9. The Hall–Kier alpha value is -4.01. The molecular weight excluding hydrogens is 438 g/mol. The van der Waals surface area contributed by atoms with Crippen LogP contribution in [-0.2, 0) is 14.3 Å². The SMILES string of the molecule is CC(=O)Nc1ccc(N2C(=O)c3ccc(C(=O)OCC(=O)N(C(C)C)C(C)C)cc3C2=O)cc1. The fourth-order valence-electron chi connectivity index (χ4n) is 3.96. The number of nitrogens with one attached hydrogen (secondary N) is 1. The van der Waals surface area contributed by atoms with Gasteiger partial charge in [-0.25, -0.2) is 9.69 Å². The third-order valence-corrected chi connectivity index (χ3v) is 5.30. The molecule has 0 saturated heterocycles. The molecule has 9 nitrogen and oxygen atoms in total. The molecule has 0 bridgehead atoms. The second-order valence-electron chi connectivity index (χ2n) is 8.50. The highest BCUT2D eigenvalue weighted by atomic mass is 16.5. The number of hydrogen-bond acceptors (Lipinski definition) is 6. The lowest BCUT2D eigenvalue weighted by Gasteiger charge is -2.30. The van der Waals surface area contributed by atoms with Crippen LogP contribution in [-0.4, -0.2) is 53.2 Å². The van der Waals surface area contributed by atoms with Gasteiger partial charge in [0.1, 0.15) is 0 Å². The number of esters is 1. The van der Waals surface area contributed by atoms with Gasteiger partial charge in [-0.15, -0.1) is 0 Å². The number of nitrogens with zero attached hydrogens (tertiary/aromatic N) is 2. The molecule has 2 aromatic rings. The second-order valence-corrected chi connectivity index (χ2v) is 8.50. The van der Waals surface area contributed by atoms with Crippen LogP contribution in [0.1, 0.15) is 65.7 Å². The number of imide groups is 1. The Labute approximate surface area is 197 Å². The molecule has 0 unspecified atom stereocenters. The van der Waals surface area contributed by atoms with Crippen molar-refractivity contribution >= 4 is 41.0 Å². The molecule has 1 aliphatic heterocycles. The third kappa shape index (κ3) is 4.98. The van der Waals surface area contributed by atoms with Crippen molar-refractivity contribution in [3.8, 4) is 0 Å². The first-order valence-electron chi connectivity index (χ1n) is 10.9. The highest BCUT2D eigenvalue weighted by molar-refractivity contribution is 6.34. The first-order chi connectivity index (χ1) is 16.0. The molecule has 3 rings (SSSR count). The molecule has 0 fully saturated rings. The first kappa shape index (κ1) is 24.6. The van der Waals surface area contributed by atoms with E-state index in [4.69, 9.17) is 4.74 Å². The summed E-state index contributed by atoms with van der Waals surface area (Å²) in [5.41, 5.74) is 1.16. The summed E-state index contributed by atoms with van der Waals surface area (Å²) in [4.78, 5) is 64.6. The Bertz CT molecular complexity index is 1150. The molecule has 1 aliphatic rings. The van der Waals surface area contributed by atoms with Gasteiger partial charge in [0.25, 0.3) is 17.7 Å². The Kier molecular flexibility index (Phi) is 7.14. The fourth-order valence-corrected chi connectivity index (χ4v) is 3.96. The number of carbonyl (C=O) groups excluding carboxylic acids is 5. The minimum atomic E-state index is -0.762. The molecule has 0 spiro atoms. The summed E-state index contributed by atoms with van der Waals surface area (Å²) in [6.07, 6.45) is 0. The van der Waals surface area contributed by atoms with Crippen LogP contribution in [0.4, 0.5) is 11.4 Å². The Morgan fingerprint density at radius 3 is 2.06 bits per heavy atom. The Balaban J connectivity index is 1.75. The van der Waals surface area contributed by atoms with Crippen molar-refractivity contribution in [2.24, 2.45) is 0 Å². The van der Waals surface area contributed by atoms with Crippen molar-refractivity contribution in [3.63, 3.8) is 0 Å². The lowest BCUT2D eigenvalue weighted by molar-refractivity contribution is -0.138. The van der Waals surface area contributed by atoms with Crippen LogP contribution >= 0.6 is 0 Å². The van der Waals surface area contributed by atoms with Gasteiger partial charge in [-0.05, 0) is 70.2 Å². The lowest BCUT2D eigenvalue weighted by atomic mass is 10.1. The quantitative estimate of drug-likeness (QED) is 0.496. The van der Waals surface area contributed by atoms with E-state index in [0.29, 0.717) is 11.4 Å². The molecule has 9 heteroatoms. The molecular formula is C25H27N3O6. The van der Waals surface area contributed by atoms with E-state index in [9.17, 15) is 24.0 Å². The van der Waals surface area contributed by atoms with E-state index < -0.39 is 24.4 Å². The summed E-state index contributed by atoms with van der Waals surface area (Å²) in [5, 5.41) is 2.62. The van der Waals surface area contributed by atoms with E-state index in [2.05, 4.69) is 5.32 Å². The molecule has 1 heterocycles. The average Bonchev–Trinajstić information content (AvgIpc) is 3.01. The van der Waals surface area contributed by atoms with E-state index in [0.717, 1.165) is 4.90 Å². The second kappa shape index (κ2) is 9.86. The number of hydrogen-bond donors (Lipinski definition) is 1. The largest absolute Gasteiger partial charge is 0.452 e. The molecule has 0 radical (unpaired) electrons. The van der Waals surface area contributed by atoms with Crippen LogP contribution in [0.25, 0.3) is 0 Å². The predicted molar refractivity (Wildman–Crippen MR) is 126 cm³/mol. The van der Waals surface area contributed by atoms with Gasteiger partial charge in [-0.2, -0.15) is 0 Å². The van der Waals surface area contributed by atoms with Crippen LogP contribution in [0, 0.1) is 0 Å². The van der Waals surface area contributed by atoms with Gasteiger partial charge in [0.05, 0.1) is 22.4 Å². The number of fused-ring (bicyclic) bond motifs is 1. The normalized spacial score (nSPS) is 12.7. The van der Waals surface area contributed by atoms with Gasteiger partial charge in [0.2, 0.25) is 5.91 Å². The Morgan fingerprint density at radius 1 is 0.912 bits per heavy atom. The minimum absolute atomic E-state index is 0.0480. The van der Waals surface area contributed by atoms with Crippen LogP contribution in [0.5, 0.6) is 0 Å². The highest BCUT2D eigenvalue weighted by Gasteiger charge is 2.37. The zero-order chi connectivity index (χ0) is 25.2. The molecule has 1 N–H and O–H groups in total. The summed E-state index contributed by atoms with van der Waals surface area (Å²) in [6.45, 7) is 8.46. The third-order valence-electron chi connectivity index (χ3n) is 5.30. The van der Waals surface area contributed by atoms with Crippen LogP contribution < -0.4 is 10.2 Å². The lowest BCUT2D eigenvalue weighted by Crippen LogP contribution is -2.44. The number of anilines is 2. The molecule has 0 aliphatic carbocycles. The zero-order valence-electron chi connectivity index (χ0n) is 19.7. The topological polar surface area (TPSA) is 113 Å². The van der Waals surface area contributed by atoms with E-state index in [1.807, 2.05) is 27.7 Å². The maximum absolute atomic E-state index is 13.0. The van der Waals surface area contributed by atoms with Crippen molar-refractivity contribution < 1.29 is 28.7 Å². The van der Waals surface area contributed by atoms with E-state index in [1.165, 1.54) is 25.1 Å². The van der Waals surface area contributed by atoms with Crippen LogP contribution in [0.15, 0.2) is 42.5 Å². The maximum Gasteiger partial charge on any atom is 0.338 e. The molecule has 34 heavy (non-hydrogen) atoms. The minimum Gasteiger partial charge on any atom is -0.452 e. The van der Waals surface area contributed by atoms with Crippen molar-refractivity contribution in [3.05, 3.63) is 59.2 Å². The van der Waals surface area contributed by atoms with Gasteiger partial charge >= 0.3 is 5.97 Å². The summed E-state index contributed by atoms with van der Waals surface area (Å²) < 4.78 is 5.17. The number of ether oxygens (including phenoxy) is 1. The van der Waals surface area contributed by atoms with Crippen molar-refractivity contribution in [2.75, 3.05) is 16.8 Å². The number of benzene rings is 2. The molecule has 0 aromatic heterocycles. The summed E-state index contributed by atoms with van der Waals surface area (Å²) in [7, 11) is 0. The highest BCUT2D eigenvalue weighted by Crippen LogP contribution is 2.30. The summed E-state index contributed by atoms with van der Waals surface area (Å²) in [5.74, 6) is -2.42. The fraction of sp³-hybridized carbons (Fsp3) is 0.320. The van der Waals surface area contributed by atoms with Gasteiger partial charge in [0, 0.05) is 24.7 Å². The molecule has 178 valence electrons. The molecule has 0 atom stereocenters. The van der Waals surface area contributed by atoms with Crippen molar-refractivity contribution in [1.29, 1.82) is 0 Å². The number of rotatable bonds is 7. The Morgan fingerprint density at radius 2 is 1.50 bits per heavy atom. The molecule has 0 saturated carbocycles. The van der Waals surface area contributed by atoms with Gasteiger partial charge in [-0.3, -0.25) is 19.2 Å². The van der Waals surface area contributed by atoms with Crippen molar-refractivity contribution in [2.45, 2.75) is 46.7 Å². The summed E-state index contributed by atoms with van der Waals surface area (Å²) >= 11 is 0. The van der Waals surface area contributed by atoms with Gasteiger partial charge in [0.15, 0.2) is 6.61 Å². The van der Waals surface area contributed by atoms with Crippen LogP contribution in [0.2, 0.25) is 0 Å². The summed E-state index contributed by atoms with van der Waals surface area (Å²) in [6, 6.07) is 10.2. The van der Waals surface area contributed by atoms with Crippen LogP contribution in [0.3, 0.4) is 0 Å². The standard InChI is InChI=1S/C25H27N3O6/c1-14(2)27(15(3)4)22(30)13-34-25(33)17-6-11-20-21(12-17)24(32)28(23(20)31)19-9-7-18(8-10-19)26-16(5)29/h6-12,14-15H,13H2,1-5H3,(H,26,29). The molecule has 4 amide bonds. The smallest absolute Gasteiger partial charge is 0.338 e. The van der Waals surface area contributed by atoms with Gasteiger partial charge in [-0.1, -0.05) is 0 Å². The average molecular weight is 466 g/mol. The molecule has 2 aromatic carbocycles.